The third kappa shape index (κ3) is 4.23. The highest BCUT2D eigenvalue weighted by molar-refractivity contribution is 6.31. The number of halogens is 2. The number of fused-ring (bicyclic) bond motifs is 1. The van der Waals surface area contributed by atoms with Gasteiger partial charge in [0.2, 0.25) is 5.91 Å². The lowest BCUT2D eigenvalue weighted by Gasteiger charge is -2.07. The predicted molar refractivity (Wildman–Crippen MR) is 102 cm³/mol. The van der Waals surface area contributed by atoms with Crippen molar-refractivity contribution in [2.75, 3.05) is 20.3 Å². The summed E-state index contributed by atoms with van der Waals surface area (Å²) in [5.41, 5.74) is 3.35. The summed E-state index contributed by atoms with van der Waals surface area (Å²) in [4.78, 5) is 15.7. The minimum Gasteiger partial charge on any atom is -0.385 e. The molecule has 0 aliphatic heterocycles. The fourth-order valence-electron chi connectivity index (χ4n) is 2.93. The molecule has 3 aromatic rings. The number of carbonyl (C=O) groups excluding carboxylic acids is 1. The van der Waals surface area contributed by atoms with Crippen LogP contribution in [0.3, 0.4) is 0 Å². The van der Waals surface area contributed by atoms with E-state index in [-0.39, 0.29) is 18.1 Å². The molecule has 0 saturated carbocycles. The Kier molecular flexibility index (Phi) is 5.91. The van der Waals surface area contributed by atoms with Crippen LogP contribution in [0.5, 0.6) is 0 Å². The van der Waals surface area contributed by atoms with Crippen molar-refractivity contribution in [2.24, 2.45) is 0 Å². The van der Waals surface area contributed by atoms with Crippen molar-refractivity contribution in [3.8, 4) is 11.3 Å². The number of H-pyrrole nitrogens is 1. The molecule has 0 radical (unpaired) electrons. The Balaban J connectivity index is 1.93. The Labute approximate surface area is 156 Å². The predicted octanol–water partition coefficient (Wildman–Crippen LogP) is 4.32. The highest BCUT2D eigenvalue weighted by Gasteiger charge is 2.16. The maximum Gasteiger partial charge on any atom is 0.224 e. The number of hydrogen-bond acceptors (Lipinski definition) is 2. The lowest BCUT2D eigenvalue weighted by Crippen LogP contribution is -2.26. The van der Waals surface area contributed by atoms with Gasteiger partial charge in [-0.25, -0.2) is 4.39 Å². The molecule has 1 amide bonds. The average molecular weight is 375 g/mol. The number of aromatic nitrogens is 1. The number of methoxy groups -OCH3 is 1. The first kappa shape index (κ1) is 18.4. The lowest BCUT2D eigenvalue weighted by molar-refractivity contribution is -0.120. The Bertz CT molecular complexity index is 906. The SMILES string of the molecule is COCCCNC(=O)Cc1c(-c2ccc(F)cc2)[nH]c2ccc(Cl)cc12. The van der Waals surface area contributed by atoms with Crippen LogP contribution in [0, 0.1) is 5.82 Å². The molecule has 2 N–H and O–H groups in total. The van der Waals surface area contributed by atoms with E-state index in [0.717, 1.165) is 34.1 Å². The monoisotopic (exact) mass is 374 g/mol. The maximum atomic E-state index is 13.3. The summed E-state index contributed by atoms with van der Waals surface area (Å²) in [5.74, 6) is -0.379. The van der Waals surface area contributed by atoms with Crippen molar-refractivity contribution >= 4 is 28.4 Å². The van der Waals surface area contributed by atoms with Gasteiger partial charge >= 0.3 is 0 Å². The van der Waals surface area contributed by atoms with E-state index in [2.05, 4.69) is 10.3 Å². The van der Waals surface area contributed by atoms with Crippen LogP contribution in [-0.2, 0) is 16.0 Å². The van der Waals surface area contributed by atoms with E-state index >= 15 is 0 Å². The van der Waals surface area contributed by atoms with E-state index in [0.29, 0.717) is 18.2 Å². The summed E-state index contributed by atoms with van der Waals surface area (Å²) in [6.45, 7) is 1.16. The standard InChI is InChI=1S/C20H20ClFN2O2/c1-26-10-2-9-23-19(25)12-17-16-11-14(21)5-8-18(16)24-20(17)13-3-6-15(22)7-4-13/h3-8,11,24H,2,9-10,12H2,1H3,(H,23,25). The molecule has 0 aliphatic rings. The number of amides is 1. The third-order valence-electron chi connectivity index (χ3n) is 4.19. The van der Waals surface area contributed by atoms with Crippen LogP contribution in [0.1, 0.15) is 12.0 Å². The quantitative estimate of drug-likeness (QED) is 0.605. The molecule has 0 atom stereocenters. The Hall–Kier alpha value is -2.37. The molecule has 6 heteroatoms. The van der Waals surface area contributed by atoms with Crippen LogP contribution in [0.2, 0.25) is 5.02 Å². The zero-order chi connectivity index (χ0) is 18.5. The van der Waals surface area contributed by atoms with E-state index in [1.54, 1.807) is 25.3 Å². The van der Waals surface area contributed by atoms with Gasteiger partial charge in [0.05, 0.1) is 12.1 Å². The molecule has 1 aromatic heterocycles. The van der Waals surface area contributed by atoms with Crippen LogP contribution in [0.25, 0.3) is 22.2 Å². The van der Waals surface area contributed by atoms with Crippen molar-refractivity contribution in [3.05, 3.63) is 58.9 Å². The van der Waals surface area contributed by atoms with Crippen molar-refractivity contribution in [1.29, 1.82) is 0 Å². The number of carbonyl (C=O) groups is 1. The van der Waals surface area contributed by atoms with E-state index in [9.17, 15) is 9.18 Å². The van der Waals surface area contributed by atoms with E-state index < -0.39 is 0 Å². The van der Waals surface area contributed by atoms with Crippen LogP contribution >= 0.6 is 11.6 Å². The highest BCUT2D eigenvalue weighted by atomic mass is 35.5. The first-order chi connectivity index (χ1) is 12.6. The van der Waals surface area contributed by atoms with Gasteiger partial charge in [-0.15, -0.1) is 0 Å². The van der Waals surface area contributed by atoms with Gasteiger partial charge in [0.15, 0.2) is 0 Å². The number of rotatable bonds is 7. The zero-order valence-electron chi connectivity index (χ0n) is 14.4. The number of ether oxygens (including phenoxy) is 1. The topological polar surface area (TPSA) is 54.1 Å². The number of benzene rings is 2. The maximum absolute atomic E-state index is 13.3. The third-order valence-corrected chi connectivity index (χ3v) is 4.42. The highest BCUT2D eigenvalue weighted by Crippen LogP contribution is 2.32. The fourth-order valence-corrected chi connectivity index (χ4v) is 3.11. The van der Waals surface area contributed by atoms with E-state index in [1.165, 1.54) is 12.1 Å². The molecule has 1 heterocycles. The molecule has 26 heavy (non-hydrogen) atoms. The second kappa shape index (κ2) is 8.34. The smallest absolute Gasteiger partial charge is 0.224 e. The first-order valence-electron chi connectivity index (χ1n) is 8.40. The molecule has 4 nitrogen and oxygen atoms in total. The molecular formula is C20H20ClFN2O2. The molecular weight excluding hydrogens is 355 g/mol. The Morgan fingerprint density at radius 1 is 1.23 bits per heavy atom. The largest absolute Gasteiger partial charge is 0.385 e. The molecule has 0 saturated heterocycles. The van der Waals surface area contributed by atoms with Crippen LogP contribution in [-0.4, -0.2) is 31.2 Å². The van der Waals surface area contributed by atoms with Gasteiger partial charge in [0.25, 0.3) is 0 Å². The van der Waals surface area contributed by atoms with Crippen molar-refractivity contribution < 1.29 is 13.9 Å². The van der Waals surface area contributed by atoms with Gasteiger partial charge in [-0.2, -0.15) is 0 Å². The second-order valence-electron chi connectivity index (χ2n) is 6.05. The molecule has 0 aliphatic carbocycles. The summed E-state index contributed by atoms with van der Waals surface area (Å²) in [6, 6.07) is 11.7. The molecule has 3 rings (SSSR count). The summed E-state index contributed by atoms with van der Waals surface area (Å²) in [6.07, 6.45) is 0.965. The minimum atomic E-state index is -0.301. The van der Waals surface area contributed by atoms with Crippen LogP contribution in [0.4, 0.5) is 4.39 Å². The van der Waals surface area contributed by atoms with Crippen molar-refractivity contribution in [2.45, 2.75) is 12.8 Å². The van der Waals surface area contributed by atoms with Gasteiger partial charge in [-0.3, -0.25) is 4.79 Å². The number of nitrogens with one attached hydrogen (secondary N) is 2. The number of aromatic amines is 1. The Morgan fingerprint density at radius 2 is 2.00 bits per heavy atom. The molecule has 136 valence electrons. The molecule has 0 unspecified atom stereocenters. The number of hydrogen-bond donors (Lipinski definition) is 2. The normalized spacial score (nSPS) is 11.0. The molecule has 0 spiro atoms. The molecule has 0 fully saturated rings. The Morgan fingerprint density at radius 3 is 2.73 bits per heavy atom. The fraction of sp³-hybridized carbons (Fsp3) is 0.250. The van der Waals surface area contributed by atoms with Crippen molar-refractivity contribution in [3.63, 3.8) is 0 Å². The van der Waals surface area contributed by atoms with E-state index in [1.807, 2.05) is 12.1 Å². The van der Waals surface area contributed by atoms with Gasteiger partial charge in [-0.1, -0.05) is 11.6 Å². The summed E-state index contributed by atoms with van der Waals surface area (Å²) < 4.78 is 18.3. The van der Waals surface area contributed by atoms with Crippen LogP contribution in [0.15, 0.2) is 42.5 Å². The zero-order valence-corrected chi connectivity index (χ0v) is 15.2. The van der Waals surface area contributed by atoms with E-state index in [4.69, 9.17) is 16.3 Å². The minimum absolute atomic E-state index is 0.0784. The van der Waals surface area contributed by atoms with Crippen LogP contribution < -0.4 is 5.32 Å². The molecule has 0 bridgehead atoms. The summed E-state index contributed by atoms with van der Waals surface area (Å²) in [5, 5.41) is 4.39. The summed E-state index contributed by atoms with van der Waals surface area (Å²) >= 11 is 6.14. The van der Waals surface area contributed by atoms with Gasteiger partial charge in [0, 0.05) is 36.2 Å². The first-order valence-corrected chi connectivity index (χ1v) is 8.78. The van der Waals surface area contributed by atoms with Gasteiger partial charge < -0.3 is 15.0 Å². The summed E-state index contributed by atoms with van der Waals surface area (Å²) in [7, 11) is 1.63. The van der Waals surface area contributed by atoms with Gasteiger partial charge in [-0.05, 0) is 60.0 Å². The lowest BCUT2D eigenvalue weighted by atomic mass is 10.0. The van der Waals surface area contributed by atoms with Gasteiger partial charge in [0.1, 0.15) is 5.82 Å². The van der Waals surface area contributed by atoms with Crippen molar-refractivity contribution in [1.82, 2.24) is 10.3 Å². The molecule has 2 aromatic carbocycles. The second-order valence-corrected chi connectivity index (χ2v) is 6.48. The average Bonchev–Trinajstić information content (AvgIpc) is 2.97.